The molecular formula is C13H16FNO4. The molecule has 0 aliphatic rings. The third kappa shape index (κ3) is 3.67. The summed E-state index contributed by atoms with van der Waals surface area (Å²) < 4.78 is 18.6. The molecule has 5 nitrogen and oxygen atoms in total. The molecule has 0 saturated carbocycles. The first-order chi connectivity index (χ1) is 9.01. The average molecular weight is 269 g/mol. The highest BCUT2D eigenvalue weighted by molar-refractivity contribution is 5.98. The van der Waals surface area contributed by atoms with Crippen molar-refractivity contribution in [2.75, 3.05) is 6.61 Å². The van der Waals surface area contributed by atoms with Gasteiger partial charge in [0, 0.05) is 0 Å². The van der Waals surface area contributed by atoms with E-state index in [1.807, 2.05) is 0 Å². The third-order valence-corrected chi connectivity index (χ3v) is 2.51. The van der Waals surface area contributed by atoms with Crippen molar-refractivity contribution in [2.45, 2.75) is 26.3 Å². The molecule has 1 aromatic carbocycles. The standard InChI is InChI=1S/C13H16FNO4/c1-3-10(13(17)18)15-12(16)8-6-5-7-9(14)11(8)19-4-2/h5-7,10H,3-4H2,1-2H3,(H,15,16)(H,17,18). The number of nitrogens with one attached hydrogen (secondary N) is 1. The van der Waals surface area contributed by atoms with E-state index < -0.39 is 23.7 Å². The zero-order chi connectivity index (χ0) is 14.4. The first-order valence-electron chi connectivity index (χ1n) is 5.96. The van der Waals surface area contributed by atoms with Gasteiger partial charge in [0.1, 0.15) is 6.04 Å². The minimum atomic E-state index is -1.13. The van der Waals surface area contributed by atoms with Gasteiger partial charge in [-0.05, 0) is 25.5 Å². The molecule has 1 atom stereocenters. The van der Waals surface area contributed by atoms with Crippen LogP contribution in [0.1, 0.15) is 30.6 Å². The lowest BCUT2D eigenvalue weighted by atomic mass is 10.1. The van der Waals surface area contributed by atoms with Gasteiger partial charge < -0.3 is 15.2 Å². The van der Waals surface area contributed by atoms with Crippen molar-refractivity contribution in [2.24, 2.45) is 0 Å². The predicted molar refractivity (Wildman–Crippen MR) is 66.8 cm³/mol. The molecule has 0 aliphatic carbocycles. The minimum absolute atomic E-state index is 0.0125. The summed E-state index contributed by atoms with van der Waals surface area (Å²) in [6.45, 7) is 3.51. The number of ether oxygens (including phenoxy) is 1. The Morgan fingerprint density at radius 1 is 1.42 bits per heavy atom. The lowest BCUT2D eigenvalue weighted by Gasteiger charge is -2.14. The summed E-state index contributed by atoms with van der Waals surface area (Å²) in [5, 5.41) is 11.2. The van der Waals surface area contributed by atoms with E-state index in [-0.39, 0.29) is 24.3 Å². The Labute approximate surface area is 110 Å². The molecular weight excluding hydrogens is 253 g/mol. The Balaban J connectivity index is 2.99. The summed E-state index contributed by atoms with van der Waals surface area (Å²) in [5.74, 6) is -2.62. The van der Waals surface area contributed by atoms with Crippen molar-refractivity contribution < 1.29 is 23.8 Å². The zero-order valence-electron chi connectivity index (χ0n) is 10.8. The molecule has 1 rings (SSSR count). The van der Waals surface area contributed by atoms with Crippen molar-refractivity contribution in [3.05, 3.63) is 29.6 Å². The Kier molecular flexibility index (Phi) is 5.29. The lowest BCUT2D eigenvalue weighted by Crippen LogP contribution is -2.40. The quantitative estimate of drug-likeness (QED) is 0.826. The number of rotatable bonds is 6. The van der Waals surface area contributed by atoms with Crippen LogP contribution in [0.15, 0.2) is 18.2 Å². The number of benzene rings is 1. The summed E-state index contributed by atoms with van der Waals surface area (Å²) in [5.41, 5.74) is -0.0125. The van der Waals surface area contributed by atoms with Gasteiger partial charge >= 0.3 is 5.97 Å². The van der Waals surface area contributed by atoms with Crippen LogP contribution in [0.4, 0.5) is 4.39 Å². The maximum Gasteiger partial charge on any atom is 0.326 e. The molecule has 1 aromatic rings. The summed E-state index contributed by atoms with van der Waals surface area (Å²) in [6.07, 6.45) is 0.236. The number of para-hydroxylation sites is 1. The van der Waals surface area contributed by atoms with Crippen molar-refractivity contribution in [3.8, 4) is 5.75 Å². The van der Waals surface area contributed by atoms with E-state index in [4.69, 9.17) is 9.84 Å². The second-order valence-corrected chi connectivity index (χ2v) is 3.82. The number of halogens is 1. The highest BCUT2D eigenvalue weighted by atomic mass is 19.1. The number of hydrogen-bond donors (Lipinski definition) is 2. The number of amides is 1. The van der Waals surface area contributed by atoms with Crippen molar-refractivity contribution in [3.63, 3.8) is 0 Å². The molecule has 0 fully saturated rings. The van der Waals surface area contributed by atoms with Crippen LogP contribution in [-0.2, 0) is 4.79 Å². The lowest BCUT2D eigenvalue weighted by molar-refractivity contribution is -0.139. The molecule has 2 N–H and O–H groups in total. The van der Waals surface area contributed by atoms with Crippen LogP contribution in [0.25, 0.3) is 0 Å². The molecule has 0 bridgehead atoms. The van der Waals surface area contributed by atoms with Crippen LogP contribution in [0.5, 0.6) is 5.75 Å². The molecule has 0 aromatic heterocycles. The van der Waals surface area contributed by atoms with Crippen LogP contribution >= 0.6 is 0 Å². The van der Waals surface area contributed by atoms with Crippen molar-refractivity contribution in [1.82, 2.24) is 5.32 Å². The van der Waals surface area contributed by atoms with Crippen LogP contribution in [0.3, 0.4) is 0 Å². The van der Waals surface area contributed by atoms with Crippen LogP contribution in [0, 0.1) is 5.82 Å². The molecule has 0 spiro atoms. The second kappa shape index (κ2) is 6.72. The van der Waals surface area contributed by atoms with Crippen LogP contribution < -0.4 is 10.1 Å². The Hall–Kier alpha value is -2.11. The van der Waals surface area contributed by atoms with Gasteiger partial charge in [-0.1, -0.05) is 13.0 Å². The molecule has 0 radical (unpaired) electrons. The molecule has 0 saturated heterocycles. The SMILES string of the molecule is CCOc1c(F)cccc1C(=O)NC(CC)C(=O)O. The van der Waals surface area contributed by atoms with Gasteiger partial charge in [0.25, 0.3) is 5.91 Å². The van der Waals surface area contributed by atoms with E-state index in [1.165, 1.54) is 18.2 Å². The average Bonchev–Trinajstić information content (AvgIpc) is 2.37. The number of carbonyl (C=O) groups excluding carboxylic acids is 1. The molecule has 104 valence electrons. The van der Waals surface area contributed by atoms with E-state index in [0.29, 0.717) is 0 Å². The number of carboxylic acid groups (broad SMARTS) is 1. The fourth-order valence-electron chi connectivity index (χ4n) is 1.55. The zero-order valence-corrected chi connectivity index (χ0v) is 10.8. The van der Waals surface area contributed by atoms with Gasteiger partial charge in [-0.3, -0.25) is 4.79 Å². The smallest absolute Gasteiger partial charge is 0.326 e. The number of carboxylic acids is 1. The third-order valence-electron chi connectivity index (χ3n) is 2.51. The Bertz CT molecular complexity index is 476. The molecule has 6 heteroatoms. The van der Waals surface area contributed by atoms with Gasteiger partial charge in [0.15, 0.2) is 11.6 Å². The van der Waals surface area contributed by atoms with E-state index in [0.717, 1.165) is 0 Å². The number of aliphatic carboxylic acids is 1. The van der Waals surface area contributed by atoms with E-state index in [1.54, 1.807) is 13.8 Å². The maximum absolute atomic E-state index is 13.6. The molecule has 1 amide bonds. The summed E-state index contributed by atoms with van der Waals surface area (Å²) in [7, 11) is 0. The van der Waals surface area contributed by atoms with Crippen LogP contribution in [-0.4, -0.2) is 29.6 Å². The highest BCUT2D eigenvalue weighted by Crippen LogP contribution is 2.22. The monoisotopic (exact) mass is 269 g/mol. The normalized spacial score (nSPS) is 11.7. The van der Waals surface area contributed by atoms with E-state index in [2.05, 4.69) is 5.32 Å². The fourth-order valence-corrected chi connectivity index (χ4v) is 1.55. The van der Waals surface area contributed by atoms with Gasteiger partial charge in [0.2, 0.25) is 0 Å². The number of hydrogen-bond acceptors (Lipinski definition) is 3. The number of carbonyl (C=O) groups is 2. The molecule has 0 aliphatic heterocycles. The summed E-state index contributed by atoms with van der Waals surface area (Å²) >= 11 is 0. The largest absolute Gasteiger partial charge is 0.490 e. The highest BCUT2D eigenvalue weighted by Gasteiger charge is 2.22. The van der Waals surface area contributed by atoms with E-state index in [9.17, 15) is 14.0 Å². The fraction of sp³-hybridized carbons (Fsp3) is 0.385. The van der Waals surface area contributed by atoms with Crippen molar-refractivity contribution >= 4 is 11.9 Å². The van der Waals surface area contributed by atoms with Gasteiger partial charge in [-0.25, -0.2) is 9.18 Å². The second-order valence-electron chi connectivity index (χ2n) is 3.82. The maximum atomic E-state index is 13.6. The van der Waals surface area contributed by atoms with Crippen molar-refractivity contribution in [1.29, 1.82) is 0 Å². The summed E-state index contributed by atoms with van der Waals surface area (Å²) in [4.78, 5) is 22.8. The van der Waals surface area contributed by atoms with Crippen LogP contribution in [0.2, 0.25) is 0 Å². The van der Waals surface area contributed by atoms with Gasteiger partial charge in [0.05, 0.1) is 12.2 Å². The molecule has 0 heterocycles. The van der Waals surface area contributed by atoms with E-state index >= 15 is 0 Å². The first-order valence-corrected chi connectivity index (χ1v) is 5.96. The molecule has 1 unspecified atom stereocenters. The predicted octanol–water partition coefficient (Wildman–Crippen LogP) is 1.82. The topological polar surface area (TPSA) is 75.6 Å². The van der Waals surface area contributed by atoms with Gasteiger partial charge in [-0.2, -0.15) is 0 Å². The molecule has 19 heavy (non-hydrogen) atoms. The minimum Gasteiger partial charge on any atom is -0.490 e. The summed E-state index contributed by atoms with van der Waals surface area (Å²) in [6, 6.07) is 2.92. The Morgan fingerprint density at radius 3 is 2.63 bits per heavy atom. The van der Waals surface area contributed by atoms with Gasteiger partial charge in [-0.15, -0.1) is 0 Å². The Morgan fingerprint density at radius 2 is 2.11 bits per heavy atom. The first kappa shape index (κ1) is 14.9.